The lowest BCUT2D eigenvalue weighted by Gasteiger charge is -2.21. The maximum absolute atomic E-state index is 9.58. The Kier molecular flexibility index (Phi) is 2.55. The second kappa shape index (κ2) is 3.70. The Morgan fingerprint density at radius 2 is 2.29 bits per heavy atom. The molecule has 2 heteroatoms. The number of nitrogens with zero attached hydrogens (tertiary/aromatic N) is 1. The van der Waals surface area contributed by atoms with Crippen molar-refractivity contribution in [2.75, 3.05) is 0 Å². The summed E-state index contributed by atoms with van der Waals surface area (Å²) in [6.45, 7) is 3.98. The van der Waals surface area contributed by atoms with Gasteiger partial charge in [0, 0.05) is 17.8 Å². The van der Waals surface area contributed by atoms with E-state index in [-0.39, 0.29) is 6.10 Å². The van der Waals surface area contributed by atoms with E-state index in [1.165, 1.54) is 11.3 Å². The van der Waals surface area contributed by atoms with Crippen molar-refractivity contribution < 1.29 is 5.11 Å². The van der Waals surface area contributed by atoms with Gasteiger partial charge < -0.3 is 5.11 Å². The fourth-order valence-electron chi connectivity index (χ4n) is 2.29. The second-order valence-electron chi connectivity index (χ2n) is 4.29. The zero-order valence-corrected chi connectivity index (χ0v) is 8.77. The molecule has 2 nitrogen and oxygen atoms in total. The highest BCUT2D eigenvalue weighted by molar-refractivity contribution is 5.29. The zero-order chi connectivity index (χ0) is 10.1. The average molecular weight is 191 g/mol. The molecule has 0 radical (unpaired) electrons. The normalized spacial score (nSPS) is 24.4. The minimum Gasteiger partial charge on any atom is -0.393 e. The quantitative estimate of drug-likeness (QED) is 0.776. The summed E-state index contributed by atoms with van der Waals surface area (Å²) in [7, 11) is 0. The van der Waals surface area contributed by atoms with E-state index in [1.54, 1.807) is 0 Å². The van der Waals surface area contributed by atoms with Gasteiger partial charge in [-0.1, -0.05) is 13.0 Å². The number of aryl methyl sites for hydroxylation is 1. The van der Waals surface area contributed by atoms with E-state index in [0.717, 1.165) is 12.8 Å². The maximum Gasteiger partial charge on any atom is 0.0544 e. The monoisotopic (exact) mass is 191 g/mol. The van der Waals surface area contributed by atoms with E-state index >= 15 is 0 Å². The first-order valence-electron chi connectivity index (χ1n) is 5.32. The minimum absolute atomic E-state index is 0.243. The molecule has 0 spiro atoms. The highest BCUT2D eigenvalue weighted by atomic mass is 16.3. The Labute approximate surface area is 85.0 Å². The molecular weight excluding hydrogens is 174 g/mol. The Balaban J connectivity index is 2.26. The largest absolute Gasteiger partial charge is 0.393 e. The van der Waals surface area contributed by atoms with Crippen LogP contribution in [-0.4, -0.2) is 16.2 Å². The fraction of sp³-hybridized carbons (Fsp3) is 0.583. The lowest BCUT2D eigenvalue weighted by atomic mass is 9.88. The van der Waals surface area contributed by atoms with Gasteiger partial charge in [0.05, 0.1) is 6.10 Å². The van der Waals surface area contributed by atoms with Crippen LogP contribution in [0.15, 0.2) is 18.3 Å². The van der Waals surface area contributed by atoms with Gasteiger partial charge in [0.15, 0.2) is 0 Å². The Hall–Kier alpha value is -0.890. The van der Waals surface area contributed by atoms with Gasteiger partial charge in [-0.2, -0.15) is 0 Å². The second-order valence-corrected chi connectivity index (χ2v) is 4.29. The summed E-state index contributed by atoms with van der Waals surface area (Å²) in [4.78, 5) is 4.43. The summed E-state index contributed by atoms with van der Waals surface area (Å²) in [5.74, 6) is 0.761. The van der Waals surface area contributed by atoms with Crippen LogP contribution in [0.5, 0.6) is 0 Å². The van der Waals surface area contributed by atoms with Gasteiger partial charge in [0.1, 0.15) is 0 Å². The Bertz CT molecular complexity index is 322. The minimum atomic E-state index is -0.243. The van der Waals surface area contributed by atoms with E-state index < -0.39 is 0 Å². The molecule has 0 saturated heterocycles. The van der Waals surface area contributed by atoms with E-state index in [0.29, 0.717) is 11.8 Å². The first-order chi connectivity index (χ1) is 6.70. The number of pyridine rings is 1. The van der Waals surface area contributed by atoms with E-state index in [2.05, 4.69) is 18.0 Å². The van der Waals surface area contributed by atoms with Crippen molar-refractivity contribution in [3.8, 4) is 0 Å². The molecule has 1 N–H and O–H groups in total. The molecule has 0 saturated carbocycles. The van der Waals surface area contributed by atoms with E-state index in [4.69, 9.17) is 0 Å². The van der Waals surface area contributed by atoms with Gasteiger partial charge >= 0.3 is 0 Å². The molecule has 0 aliphatic heterocycles. The molecule has 1 aliphatic rings. The van der Waals surface area contributed by atoms with Crippen LogP contribution in [0, 0.1) is 5.92 Å². The number of hydrogen-bond acceptors (Lipinski definition) is 2. The SMILES string of the molecule is CC(O)C(C)C1CCc2cccnc21. The van der Waals surface area contributed by atoms with E-state index in [9.17, 15) is 5.11 Å². The van der Waals surface area contributed by atoms with Crippen molar-refractivity contribution in [3.63, 3.8) is 0 Å². The molecule has 3 unspecified atom stereocenters. The molecule has 3 atom stereocenters. The number of hydrogen-bond donors (Lipinski definition) is 1. The lowest BCUT2D eigenvalue weighted by molar-refractivity contribution is 0.118. The van der Waals surface area contributed by atoms with Crippen LogP contribution >= 0.6 is 0 Å². The van der Waals surface area contributed by atoms with Crippen LogP contribution < -0.4 is 0 Å². The van der Waals surface area contributed by atoms with Gasteiger partial charge in [-0.15, -0.1) is 0 Å². The Morgan fingerprint density at radius 3 is 3.00 bits per heavy atom. The van der Waals surface area contributed by atoms with Crippen molar-refractivity contribution in [1.82, 2.24) is 4.98 Å². The average Bonchev–Trinajstić information content (AvgIpc) is 2.60. The van der Waals surface area contributed by atoms with Gasteiger partial charge in [-0.05, 0) is 37.3 Å². The first kappa shape index (κ1) is 9.66. The first-order valence-corrected chi connectivity index (χ1v) is 5.32. The van der Waals surface area contributed by atoms with Crippen LogP contribution in [0.25, 0.3) is 0 Å². The van der Waals surface area contributed by atoms with Gasteiger partial charge in [0.25, 0.3) is 0 Å². The highest BCUT2D eigenvalue weighted by Crippen LogP contribution is 2.37. The zero-order valence-electron chi connectivity index (χ0n) is 8.77. The number of fused-ring (bicyclic) bond motifs is 1. The predicted molar refractivity (Wildman–Crippen MR) is 56.1 cm³/mol. The molecule has 0 bridgehead atoms. The van der Waals surface area contributed by atoms with Crippen LogP contribution in [-0.2, 0) is 6.42 Å². The van der Waals surface area contributed by atoms with Crippen molar-refractivity contribution >= 4 is 0 Å². The number of aliphatic hydroxyl groups excluding tert-OH is 1. The lowest BCUT2D eigenvalue weighted by Crippen LogP contribution is -2.20. The summed E-state index contributed by atoms with van der Waals surface area (Å²) in [6, 6.07) is 4.14. The molecule has 1 aromatic rings. The number of rotatable bonds is 2. The Morgan fingerprint density at radius 1 is 1.50 bits per heavy atom. The summed E-state index contributed by atoms with van der Waals surface area (Å²) in [6.07, 6.45) is 3.86. The van der Waals surface area contributed by atoms with Gasteiger partial charge in [0.2, 0.25) is 0 Å². The van der Waals surface area contributed by atoms with Crippen LogP contribution in [0.2, 0.25) is 0 Å². The number of aliphatic hydroxyl groups is 1. The standard InChI is InChI=1S/C12H17NO/c1-8(9(2)14)11-6-5-10-4-3-7-13-12(10)11/h3-4,7-9,11,14H,5-6H2,1-2H3. The predicted octanol–water partition coefficient (Wildman–Crippen LogP) is 2.13. The third-order valence-electron chi connectivity index (χ3n) is 3.40. The molecule has 0 fully saturated rings. The maximum atomic E-state index is 9.58. The smallest absolute Gasteiger partial charge is 0.0544 e. The van der Waals surface area contributed by atoms with Gasteiger partial charge in [-0.3, -0.25) is 4.98 Å². The van der Waals surface area contributed by atoms with Crippen molar-refractivity contribution in [2.24, 2.45) is 5.92 Å². The number of aromatic nitrogens is 1. The molecule has 1 aliphatic carbocycles. The molecule has 14 heavy (non-hydrogen) atoms. The van der Waals surface area contributed by atoms with Crippen LogP contribution in [0.3, 0.4) is 0 Å². The summed E-state index contributed by atoms with van der Waals surface area (Å²) in [5, 5.41) is 9.58. The molecule has 0 amide bonds. The van der Waals surface area contributed by atoms with Crippen LogP contribution in [0.1, 0.15) is 37.4 Å². The summed E-state index contributed by atoms with van der Waals surface area (Å²) in [5.41, 5.74) is 2.57. The van der Waals surface area contributed by atoms with E-state index in [1.807, 2.05) is 19.2 Å². The summed E-state index contributed by atoms with van der Waals surface area (Å²) >= 11 is 0. The molecule has 1 heterocycles. The van der Waals surface area contributed by atoms with Crippen molar-refractivity contribution in [3.05, 3.63) is 29.6 Å². The van der Waals surface area contributed by atoms with Crippen LogP contribution in [0.4, 0.5) is 0 Å². The van der Waals surface area contributed by atoms with Crippen molar-refractivity contribution in [1.29, 1.82) is 0 Å². The highest BCUT2D eigenvalue weighted by Gasteiger charge is 2.30. The molecular formula is C12H17NO. The topological polar surface area (TPSA) is 33.1 Å². The molecule has 76 valence electrons. The van der Waals surface area contributed by atoms with Crippen molar-refractivity contribution in [2.45, 2.75) is 38.7 Å². The fourth-order valence-corrected chi connectivity index (χ4v) is 2.29. The third kappa shape index (κ3) is 1.55. The third-order valence-corrected chi connectivity index (χ3v) is 3.40. The van der Waals surface area contributed by atoms with Gasteiger partial charge in [-0.25, -0.2) is 0 Å². The molecule has 0 aromatic carbocycles. The molecule has 2 rings (SSSR count). The summed E-state index contributed by atoms with van der Waals surface area (Å²) < 4.78 is 0. The molecule has 1 aromatic heterocycles.